The molecule has 35 heavy (non-hydrogen) atoms. The average Bonchev–Trinajstić information content (AvgIpc) is 2.83. The standard InChI is InChI=1S/C25H33FN4O4S/c1-35(33,34)30-22-11-7-19(8-12-22)24(31)29-17-23(18-5-3-2-4-6-18)25(32)28-16-15-27-21-13-9-20(26)10-14-21/h7-14,18,23,27,30H,2-6,15-17H2,1H3,(H,28,32)(H,29,31). The summed E-state index contributed by atoms with van der Waals surface area (Å²) >= 11 is 0. The van der Waals surface area contributed by atoms with E-state index in [-0.39, 0.29) is 36.0 Å². The molecule has 1 aliphatic carbocycles. The summed E-state index contributed by atoms with van der Waals surface area (Å²) < 4.78 is 38.1. The fourth-order valence-electron chi connectivity index (χ4n) is 4.31. The van der Waals surface area contributed by atoms with Gasteiger partial charge in [0.25, 0.3) is 5.91 Å². The minimum Gasteiger partial charge on any atom is -0.383 e. The highest BCUT2D eigenvalue weighted by molar-refractivity contribution is 7.92. The molecular formula is C25H33FN4O4S. The maximum absolute atomic E-state index is 13.0. The first kappa shape index (κ1) is 26.5. The number of nitrogens with one attached hydrogen (secondary N) is 4. The van der Waals surface area contributed by atoms with E-state index in [1.165, 1.54) is 24.3 Å². The number of halogens is 1. The lowest BCUT2D eigenvalue weighted by atomic mass is 9.79. The van der Waals surface area contributed by atoms with Crippen molar-refractivity contribution in [3.05, 3.63) is 59.9 Å². The maximum atomic E-state index is 13.0. The molecular weight excluding hydrogens is 471 g/mol. The molecule has 0 saturated heterocycles. The number of sulfonamides is 1. The van der Waals surface area contributed by atoms with Crippen molar-refractivity contribution in [1.29, 1.82) is 0 Å². The summed E-state index contributed by atoms with van der Waals surface area (Å²) in [6.07, 6.45) is 6.27. The average molecular weight is 505 g/mol. The molecule has 1 fully saturated rings. The molecule has 190 valence electrons. The molecule has 2 aromatic carbocycles. The number of hydrogen-bond acceptors (Lipinski definition) is 5. The van der Waals surface area contributed by atoms with Crippen LogP contribution in [0.15, 0.2) is 48.5 Å². The lowest BCUT2D eigenvalue weighted by molar-refractivity contribution is -0.126. The van der Waals surface area contributed by atoms with E-state index in [2.05, 4.69) is 20.7 Å². The van der Waals surface area contributed by atoms with Gasteiger partial charge in [0.05, 0.1) is 12.2 Å². The molecule has 0 bridgehead atoms. The Morgan fingerprint density at radius 3 is 2.17 bits per heavy atom. The third-order valence-electron chi connectivity index (χ3n) is 6.09. The van der Waals surface area contributed by atoms with Crippen molar-refractivity contribution in [2.75, 3.05) is 35.9 Å². The molecule has 1 saturated carbocycles. The fourth-order valence-corrected chi connectivity index (χ4v) is 4.87. The summed E-state index contributed by atoms with van der Waals surface area (Å²) in [4.78, 5) is 25.7. The van der Waals surface area contributed by atoms with Crippen molar-refractivity contribution >= 4 is 33.2 Å². The van der Waals surface area contributed by atoms with E-state index in [1.807, 2.05) is 0 Å². The third-order valence-corrected chi connectivity index (χ3v) is 6.69. The lowest BCUT2D eigenvalue weighted by Gasteiger charge is -2.29. The number of benzene rings is 2. The maximum Gasteiger partial charge on any atom is 0.251 e. The van der Waals surface area contributed by atoms with Crippen molar-refractivity contribution < 1.29 is 22.4 Å². The first-order chi connectivity index (χ1) is 16.7. The molecule has 2 amide bonds. The molecule has 4 N–H and O–H groups in total. The molecule has 3 rings (SSSR count). The summed E-state index contributed by atoms with van der Waals surface area (Å²) in [5.41, 5.74) is 1.53. The van der Waals surface area contributed by atoms with Gasteiger partial charge in [0.15, 0.2) is 0 Å². The van der Waals surface area contributed by atoms with Crippen LogP contribution >= 0.6 is 0 Å². The van der Waals surface area contributed by atoms with Gasteiger partial charge in [-0.3, -0.25) is 14.3 Å². The van der Waals surface area contributed by atoms with Crippen LogP contribution in [-0.4, -0.2) is 46.1 Å². The van der Waals surface area contributed by atoms with Gasteiger partial charge in [-0.2, -0.15) is 0 Å². The molecule has 0 aromatic heterocycles. The Balaban J connectivity index is 1.53. The van der Waals surface area contributed by atoms with E-state index in [0.717, 1.165) is 44.0 Å². The molecule has 10 heteroatoms. The van der Waals surface area contributed by atoms with E-state index in [9.17, 15) is 22.4 Å². The van der Waals surface area contributed by atoms with Crippen LogP contribution in [0.3, 0.4) is 0 Å². The van der Waals surface area contributed by atoms with Gasteiger partial charge in [0.2, 0.25) is 15.9 Å². The highest BCUT2D eigenvalue weighted by Gasteiger charge is 2.29. The highest BCUT2D eigenvalue weighted by atomic mass is 32.2. The van der Waals surface area contributed by atoms with Crippen LogP contribution in [0.2, 0.25) is 0 Å². The summed E-state index contributed by atoms with van der Waals surface area (Å²) in [6, 6.07) is 12.2. The SMILES string of the molecule is CS(=O)(=O)Nc1ccc(C(=O)NCC(C(=O)NCCNc2ccc(F)cc2)C2CCCCC2)cc1. The van der Waals surface area contributed by atoms with Crippen LogP contribution in [0, 0.1) is 17.7 Å². The minimum absolute atomic E-state index is 0.0918. The number of amides is 2. The topological polar surface area (TPSA) is 116 Å². The van der Waals surface area contributed by atoms with Crippen molar-refractivity contribution in [2.45, 2.75) is 32.1 Å². The third kappa shape index (κ3) is 8.86. The van der Waals surface area contributed by atoms with Gasteiger partial charge in [-0.05, 0) is 67.3 Å². The summed E-state index contributed by atoms with van der Waals surface area (Å²) in [5, 5.41) is 8.98. The van der Waals surface area contributed by atoms with Crippen LogP contribution in [0.5, 0.6) is 0 Å². The van der Waals surface area contributed by atoms with Gasteiger partial charge in [-0.1, -0.05) is 19.3 Å². The summed E-state index contributed by atoms with van der Waals surface area (Å²) in [7, 11) is -3.40. The molecule has 1 atom stereocenters. The zero-order valence-electron chi connectivity index (χ0n) is 19.8. The minimum atomic E-state index is -3.40. The number of anilines is 2. The Kier molecular flexibility index (Phi) is 9.47. The second-order valence-corrected chi connectivity index (χ2v) is 10.6. The fraction of sp³-hybridized carbons (Fsp3) is 0.440. The second-order valence-electron chi connectivity index (χ2n) is 8.89. The van der Waals surface area contributed by atoms with Crippen LogP contribution < -0.4 is 20.7 Å². The van der Waals surface area contributed by atoms with Gasteiger partial charge in [-0.15, -0.1) is 0 Å². The number of rotatable bonds is 11. The van der Waals surface area contributed by atoms with E-state index in [0.29, 0.717) is 24.3 Å². The van der Waals surface area contributed by atoms with Gasteiger partial charge in [0, 0.05) is 36.6 Å². The molecule has 1 unspecified atom stereocenters. The molecule has 0 spiro atoms. The number of hydrogen-bond donors (Lipinski definition) is 4. The van der Waals surface area contributed by atoms with Crippen molar-refractivity contribution in [1.82, 2.24) is 10.6 Å². The van der Waals surface area contributed by atoms with Crippen LogP contribution in [-0.2, 0) is 14.8 Å². The highest BCUT2D eigenvalue weighted by Crippen LogP contribution is 2.30. The lowest BCUT2D eigenvalue weighted by Crippen LogP contribution is -2.44. The first-order valence-electron chi connectivity index (χ1n) is 11.8. The Hall–Kier alpha value is -3.14. The summed E-state index contributed by atoms with van der Waals surface area (Å²) in [5.74, 6) is -0.845. The Morgan fingerprint density at radius 1 is 0.914 bits per heavy atom. The molecule has 2 aromatic rings. The van der Waals surface area contributed by atoms with Crippen molar-refractivity contribution in [3.63, 3.8) is 0 Å². The second kappa shape index (κ2) is 12.5. The number of carbonyl (C=O) groups is 2. The zero-order chi connectivity index (χ0) is 25.3. The van der Waals surface area contributed by atoms with Gasteiger partial charge >= 0.3 is 0 Å². The van der Waals surface area contributed by atoms with Crippen LogP contribution in [0.4, 0.5) is 15.8 Å². The molecule has 0 radical (unpaired) electrons. The van der Waals surface area contributed by atoms with Crippen molar-refractivity contribution in [2.24, 2.45) is 11.8 Å². The largest absolute Gasteiger partial charge is 0.383 e. The first-order valence-corrected chi connectivity index (χ1v) is 13.7. The number of carbonyl (C=O) groups excluding carboxylic acids is 2. The van der Waals surface area contributed by atoms with Crippen LogP contribution in [0.1, 0.15) is 42.5 Å². The van der Waals surface area contributed by atoms with Gasteiger partial charge < -0.3 is 16.0 Å². The predicted molar refractivity (Wildman–Crippen MR) is 135 cm³/mol. The normalized spacial score (nSPS) is 15.1. The smallest absolute Gasteiger partial charge is 0.251 e. The van der Waals surface area contributed by atoms with Crippen LogP contribution in [0.25, 0.3) is 0 Å². The summed E-state index contributed by atoms with van der Waals surface area (Å²) in [6.45, 7) is 1.13. The predicted octanol–water partition coefficient (Wildman–Crippen LogP) is 3.35. The zero-order valence-corrected chi connectivity index (χ0v) is 20.7. The molecule has 0 aliphatic heterocycles. The van der Waals surface area contributed by atoms with E-state index >= 15 is 0 Å². The molecule has 1 aliphatic rings. The van der Waals surface area contributed by atoms with Crippen molar-refractivity contribution in [3.8, 4) is 0 Å². The Morgan fingerprint density at radius 2 is 1.54 bits per heavy atom. The molecule has 8 nitrogen and oxygen atoms in total. The van der Waals surface area contributed by atoms with E-state index in [1.54, 1.807) is 24.3 Å². The van der Waals surface area contributed by atoms with E-state index < -0.39 is 10.0 Å². The Labute approximate surface area is 206 Å². The van der Waals surface area contributed by atoms with Gasteiger partial charge in [0.1, 0.15) is 5.82 Å². The Bertz CT molecular complexity index is 1090. The quantitative estimate of drug-likeness (QED) is 0.350. The molecule has 0 heterocycles. The van der Waals surface area contributed by atoms with Gasteiger partial charge in [-0.25, -0.2) is 12.8 Å². The monoisotopic (exact) mass is 504 g/mol. The van der Waals surface area contributed by atoms with E-state index in [4.69, 9.17) is 0 Å².